The lowest BCUT2D eigenvalue weighted by atomic mass is 10.2. The van der Waals surface area contributed by atoms with E-state index in [4.69, 9.17) is 0 Å². The lowest BCUT2D eigenvalue weighted by molar-refractivity contribution is 0.567. The van der Waals surface area contributed by atoms with Gasteiger partial charge in [0.25, 0.3) is 0 Å². The van der Waals surface area contributed by atoms with Crippen LogP contribution in [0.15, 0.2) is 12.3 Å². The summed E-state index contributed by atoms with van der Waals surface area (Å²) in [6, 6.07) is 3.54. The first kappa shape index (κ1) is 11.0. The van der Waals surface area contributed by atoms with Gasteiger partial charge in [0, 0.05) is 25.2 Å². The fourth-order valence-electron chi connectivity index (χ4n) is 2.53. The summed E-state index contributed by atoms with van der Waals surface area (Å²) in [4.78, 5) is 2.41. The molecule has 4 heteroatoms. The van der Waals surface area contributed by atoms with E-state index in [2.05, 4.69) is 33.4 Å². The SMILES string of the molecule is Cc1cnnc(N2CCCC2CNC2CC2)c1. The molecule has 1 saturated carbocycles. The number of hydrogen-bond acceptors (Lipinski definition) is 4. The Bertz CT molecular complexity index is 389. The van der Waals surface area contributed by atoms with Gasteiger partial charge in [0.15, 0.2) is 5.82 Å². The second-order valence-corrected chi connectivity index (χ2v) is 5.26. The van der Waals surface area contributed by atoms with Crippen LogP contribution in [0.5, 0.6) is 0 Å². The Balaban J connectivity index is 1.67. The van der Waals surface area contributed by atoms with E-state index in [1.54, 1.807) is 0 Å². The first-order valence-electron chi connectivity index (χ1n) is 6.62. The topological polar surface area (TPSA) is 41.1 Å². The second kappa shape index (κ2) is 4.61. The fourth-order valence-corrected chi connectivity index (χ4v) is 2.53. The van der Waals surface area contributed by atoms with Crippen molar-refractivity contribution in [1.82, 2.24) is 15.5 Å². The molecule has 1 aromatic heterocycles. The van der Waals surface area contributed by atoms with Crippen LogP contribution in [0.1, 0.15) is 31.2 Å². The number of rotatable bonds is 4. The minimum atomic E-state index is 0.603. The summed E-state index contributed by atoms with van der Waals surface area (Å²) in [6.07, 6.45) is 7.08. The van der Waals surface area contributed by atoms with Crippen molar-refractivity contribution in [3.8, 4) is 0 Å². The van der Waals surface area contributed by atoms with Gasteiger partial charge in [0.2, 0.25) is 0 Å². The molecule has 2 aliphatic rings. The van der Waals surface area contributed by atoms with Crippen molar-refractivity contribution in [3.05, 3.63) is 17.8 Å². The highest BCUT2D eigenvalue weighted by molar-refractivity contribution is 5.41. The molecule has 1 atom stereocenters. The van der Waals surface area contributed by atoms with Crippen molar-refractivity contribution in [2.45, 2.75) is 44.7 Å². The Labute approximate surface area is 102 Å². The molecule has 1 aliphatic carbocycles. The zero-order valence-electron chi connectivity index (χ0n) is 10.4. The van der Waals surface area contributed by atoms with E-state index in [1.165, 1.54) is 31.2 Å². The van der Waals surface area contributed by atoms with E-state index in [-0.39, 0.29) is 0 Å². The third kappa shape index (κ3) is 2.57. The van der Waals surface area contributed by atoms with Gasteiger partial charge in [-0.3, -0.25) is 0 Å². The number of hydrogen-bond donors (Lipinski definition) is 1. The Morgan fingerprint density at radius 2 is 2.29 bits per heavy atom. The Morgan fingerprint density at radius 3 is 3.06 bits per heavy atom. The summed E-state index contributed by atoms with van der Waals surface area (Å²) in [5, 5.41) is 11.9. The highest BCUT2D eigenvalue weighted by Crippen LogP contribution is 2.25. The molecular formula is C13H20N4. The van der Waals surface area contributed by atoms with Crippen LogP contribution < -0.4 is 10.2 Å². The minimum absolute atomic E-state index is 0.603. The van der Waals surface area contributed by atoms with E-state index < -0.39 is 0 Å². The molecule has 0 spiro atoms. The highest BCUT2D eigenvalue weighted by Gasteiger charge is 2.28. The molecule has 0 radical (unpaired) electrons. The van der Waals surface area contributed by atoms with Crippen molar-refractivity contribution < 1.29 is 0 Å². The molecule has 17 heavy (non-hydrogen) atoms. The predicted octanol–water partition coefficient (Wildman–Crippen LogP) is 1.51. The summed E-state index contributed by atoms with van der Waals surface area (Å²) in [5.74, 6) is 1.05. The van der Waals surface area contributed by atoms with Gasteiger partial charge in [-0.2, -0.15) is 5.10 Å². The van der Waals surface area contributed by atoms with E-state index >= 15 is 0 Å². The molecule has 4 nitrogen and oxygen atoms in total. The summed E-state index contributed by atoms with van der Waals surface area (Å²) in [6.45, 7) is 4.29. The summed E-state index contributed by atoms with van der Waals surface area (Å²) in [5.41, 5.74) is 1.19. The molecule has 1 N–H and O–H groups in total. The van der Waals surface area contributed by atoms with Crippen LogP contribution in [0.25, 0.3) is 0 Å². The minimum Gasteiger partial charge on any atom is -0.351 e. The zero-order chi connectivity index (χ0) is 11.7. The van der Waals surface area contributed by atoms with Gasteiger partial charge in [-0.05, 0) is 44.2 Å². The first-order valence-corrected chi connectivity index (χ1v) is 6.62. The lowest BCUT2D eigenvalue weighted by Crippen LogP contribution is -2.39. The van der Waals surface area contributed by atoms with Gasteiger partial charge in [0.05, 0.1) is 6.20 Å². The number of anilines is 1. The molecular weight excluding hydrogens is 212 g/mol. The van der Waals surface area contributed by atoms with Gasteiger partial charge < -0.3 is 10.2 Å². The third-order valence-corrected chi connectivity index (χ3v) is 3.67. The molecule has 2 heterocycles. The van der Waals surface area contributed by atoms with Crippen molar-refractivity contribution in [3.63, 3.8) is 0 Å². The van der Waals surface area contributed by atoms with Crippen LogP contribution in [0.2, 0.25) is 0 Å². The molecule has 1 saturated heterocycles. The number of nitrogens with one attached hydrogen (secondary N) is 1. The van der Waals surface area contributed by atoms with Crippen LogP contribution in [-0.2, 0) is 0 Å². The maximum atomic E-state index is 4.26. The lowest BCUT2D eigenvalue weighted by Gasteiger charge is -2.25. The molecule has 2 fully saturated rings. The van der Waals surface area contributed by atoms with Gasteiger partial charge in [-0.1, -0.05) is 0 Å². The largest absolute Gasteiger partial charge is 0.351 e. The smallest absolute Gasteiger partial charge is 0.151 e. The highest BCUT2D eigenvalue weighted by atomic mass is 15.3. The molecule has 92 valence electrons. The fraction of sp³-hybridized carbons (Fsp3) is 0.692. The van der Waals surface area contributed by atoms with Crippen molar-refractivity contribution in [2.24, 2.45) is 0 Å². The summed E-state index contributed by atoms with van der Waals surface area (Å²) < 4.78 is 0. The van der Waals surface area contributed by atoms with Gasteiger partial charge >= 0.3 is 0 Å². The Hall–Kier alpha value is -1.16. The van der Waals surface area contributed by atoms with Crippen molar-refractivity contribution in [1.29, 1.82) is 0 Å². The molecule has 3 rings (SSSR count). The second-order valence-electron chi connectivity index (χ2n) is 5.26. The Kier molecular flexibility index (Phi) is 2.97. The quantitative estimate of drug-likeness (QED) is 0.854. The first-order chi connectivity index (χ1) is 8.33. The number of nitrogens with zero attached hydrogens (tertiary/aromatic N) is 3. The molecule has 0 bridgehead atoms. The average Bonchev–Trinajstić information content (AvgIpc) is 3.04. The molecule has 1 aromatic rings. The van der Waals surface area contributed by atoms with E-state index in [0.29, 0.717) is 6.04 Å². The zero-order valence-corrected chi connectivity index (χ0v) is 10.4. The van der Waals surface area contributed by atoms with Crippen LogP contribution >= 0.6 is 0 Å². The standard InChI is InChI=1S/C13H20N4/c1-10-7-13(16-15-8-10)17-6-2-3-12(17)9-14-11-4-5-11/h7-8,11-12,14H,2-6,9H2,1H3. The van der Waals surface area contributed by atoms with Crippen molar-refractivity contribution in [2.75, 3.05) is 18.0 Å². The van der Waals surface area contributed by atoms with Crippen LogP contribution in [-0.4, -0.2) is 35.4 Å². The molecule has 0 amide bonds. The van der Waals surface area contributed by atoms with Gasteiger partial charge in [-0.15, -0.1) is 5.10 Å². The third-order valence-electron chi connectivity index (χ3n) is 3.67. The van der Waals surface area contributed by atoms with Crippen LogP contribution in [0.4, 0.5) is 5.82 Å². The molecule has 1 aliphatic heterocycles. The number of aryl methyl sites for hydroxylation is 1. The van der Waals surface area contributed by atoms with Crippen LogP contribution in [0, 0.1) is 6.92 Å². The summed E-state index contributed by atoms with van der Waals surface area (Å²) in [7, 11) is 0. The van der Waals surface area contributed by atoms with E-state index in [9.17, 15) is 0 Å². The Morgan fingerprint density at radius 1 is 1.41 bits per heavy atom. The number of aromatic nitrogens is 2. The van der Waals surface area contributed by atoms with Crippen molar-refractivity contribution >= 4 is 5.82 Å². The van der Waals surface area contributed by atoms with E-state index in [1.807, 2.05) is 6.20 Å². The normalized spacial score (nSPS) is 24.3. The summed E-state index contributed by atoms with van der Waals surface area (Å²) >= 11 is 0. The van der Waals surface area contributed by atoms with Gasteiger partial charge in [0.1, 0.15) is 0 Å². The van der Waals surface area contributed by atoms with Gasteiger partial charge in [-0.25, -0.2) is 0 Å². The maximum absolute atomic E-state index is 4.26. The maximum Gasteiger partial charge on any atom is 0.151 e. The van der Waals surface area contributed by atoms with E-state index in [0.717, 1.165) is 24.9 Å². The van der Waals surface area contributed by atoms with Crippen LogP contribution in [0.3, 0.4) is 0 Å². The molecule has 0 aromatic carbocycles. The monoisotopic (exact) mass is 232 g/mol. The average molecular weight is 232 g/mol. The predicted molar refractivity (Wildman–Crippen MR) is 68.2 cm³/mol. The molecule has 1 unspecified atom stereocenters.